The smallest absolute Gasteiger partial charge is 0.261 e. The number of aromatic nitrogens is 2. The van der Waals surface area contributed by atoms with Crippen LogP contribution in [0.2, 0.25) is 0 Å². The Bertz CT molecular complexity index is 938. The first-order valence-electron chi connectivity index (χ1n) is 10.3. The Balaban J connectivity index is 1.59. The molecule has 1 fully saturated rings. The molecular weight excluding hydrogens is 384 g/mol. The molecule has 0 unspecified atom stereocenters. The van der Waals surface area contributed by atoms with E-state index in [9.17, 15) is 4.79 Å². The van der Waals surface area contributed by atoms with E-state index in [0.717, 1.165) is 36.6 Å². The number of hydrogen-bond acceptors (Lipinski definition) is 5. The number of H-pyrrole nitrogens is 1. The first kappa shape index (κ1) is 20.1. The Morgan fingerprint density at radius 3 is 3.10 bits per heavy atom. The number of piperidine rings is 1. The van der Waals surface area contributed by atoms with Crippen LogP contribution in [0.25, 0.3) is 10.1 Å². The molecule has 2 N–H and O–H groups in total. The van der Waals surface area contributed by atoms with Gasteiger partial charge in [0.15, 0.2) is 0 Å². The number of rotatable bonds is 8. The number of methoxy groups -OCH3 is 1. The number of hydrogen-bond donors (Lipinski definition) is 2. The molecule has 154 valence electrons. The SMILES string of the molecule is COCCNC(=O)c1sc2ccccc2c1C[C@@H]1CCCCN1Cc1ncc[nH]1. The van der Waals surface area contributed by atoms with Gasteiger partial charge < -0.3 is 15.0 Å². The molecule has 0 radical (unpaired) electrons. The topological polar surface area (TPSA) is 70.2 Å². The maximum absolute atomic E-state index is 12.9. The number of carbonyl (C=O) groups excluding carboxylic acids is 1. The van der Waals surface area contributed by atoms with Crippen LogP contribution < -0.4 is 5.32 Å². The molecule has 3 heterocycles. The fraction of sp³-hybridized carbons (Fsp3) is 0.455. The number of aromatic amines is 1. The lowest BCUT2D eigenvalue weighted by molar-refractivity contribution is 0.0938. The standard InChI is InChI=1S/C22H28N4O2S/c1-28-13-11-25-22(27)21-18(17-7-2-3-8-19(17)29-21)14-16-6-4-5-12-26(16)15-20-23-9-10-24-20/h2-3,7-10,16H,4-6,11-15H2,1H3,(H,23,24)(H,25,27)/t16-/m0/s1. The molecule has 1 aliphatic heterocycles. The number of fused-ring (bicyclic) bond motifs is 1. The summed E-state index contributed by atoms with van der Waals surface area (Å²) in [5, 5.41) is 4.21. The maximum atomic E-state index is 12.9. The monoisotopic (exact) mass is 412 g/mol. The van der Waals surface area contributed by atoms with Crippen LogP contribution in [0.4, 0.5) is 0 Å². The fourth-order valence-corrected chi connectivity index (χ4v) is 5.29. The number of benzene rings is 1. The third-order valence-electron chi connectivity index (χ3n) is 5.59. The summed E-state index contributed by atoms with van der Waals surface area (Å²) >= 11 is 1.60. The van der Waals surface area contributed by atoms with Crippen molar-refractivity contribution in [1.82, 2.24) is 20.2 Å². The van der Waals surface area contributed by atoms with Crippen molar-refractivity contribution < 1.29 is 9.53 Å². The van der Waals surface area contributed by atoms with E-state index in [1.165, 1.54) is 28.5 Å². The summed E-state index contributed by atoms with van der Waals surface area (Å²) in [5.41, 5.74) is 1.18. The number of ether oxygens (including phenoxy) is 1. The number of carbonyl (C=O) groups is 1. The third kappa shape index (κ3) is 4.69. The maximum Gasteiger partial charge on any atom is 0.261 e. The molecule has 3 aromatic rings. The Morgan fingerprint density at radius 1 is 1.38 bits per heavy atom. The van der Waals surface area contributed by atoms with Gasteiger partial charge in [0.2, 0.25) is 0 Å². The van der Waals surface area contributed by atoms with Gasteiger partial charge >= 0.3 is 0 Å². The minimum Gasteiger partial charge on any atom is -0.383 e. The zero-order valence-corrected chi connectivity index (χ0v) is 17.6. The van der Waals surface area contributed by atoms with E-state index >= 15 is 0 Å². The normalized spacial score (nSPS) is 17.6. The second kappa shape index (κ2) is 9.52. The second-order valence-corrected chi connectivity index (χ2v) is 8.57. The van der Waals surface area contributed by atoms with E-state index in [2.05, 4.69) is 38.4 Å². The highest BCUT2D eigenvalue weighted by Crippen LogP contribution is 2.34. The number of nitrogens with zero attached hydrogens (tertiary/aromatic N) is 2. The molecular formula is C22H28N4O2S. The van der Waals surface area contributed by atoms with E-state index < -0.39 is 0 Å². The van der Waals surface area contributed by atoms with E-state index in [4.69, 9.17) is 4.74 Å². The molecule has 29 heavy (non-hydrogen) atoms. The molecule has 2 aromatic heterocycles. The predicted octanol–water partition coefficient (Wildman–Crippen LogP) is 3.60. The van der Waals surface area contributed by atoms with Crippen LogP contribution in [0.5, 0.6) is 0 Å². The van der Waals surface area contributed by atoms with Gasteiger partial charge in [0.1, 0.15) is 5.82 Å². The van der Waals surface area contributed by atoms with Crippen LogP contribution in [0, 0.1) is 0 Å². The minimum atomic E-state index is 0.00615. The summed E-state index contributed by atoms with van der Waals surface area (Å²) in [6, 6.07) is 8.77. The van der Waals surface area contributed by atoms with Gasteiger partial charge in [0.05, 0.1) is 18.0 Å². The average molecular weight is 413 g/mol. The molecule has 4 rings (SSSR count). The van der Waals surface area contributed by atoms with Crippen molar-refractivity contribution in [3.63, 3.8) is 0 Å². The minimum absolute atomic E-state index is 0.00615. The zero-order chi connectivity index (χ0) is 20.1. The molecule has 6 nitrogen and oxygen atoms in total. The van der Waals surface area contributed by atoms with Crippen molar-refractivity contribution in [2.24, 2.45) is 0 Å². The average Bonchev–Trinajstić information content (AvgIpc) is 3.38. The Labute approximate surface area is 175 Å². The van der Waals surface area contributed by atoms with E-state index in [0.29, 0.717) is 19.2 Å². The highest BCUT2D eigenvalue weighted by molar-refractivity contribution is 7.21. The van der Waals surface area contributed by atoms with Gasteiger partial charge in [-0.15, -0.1) is 11.3 Å². The van der Waals surface area contributed by atoms with Crippen molar-refractivity contribution >= 4 is 27.3 Å². The second-order valence-electron chi connectivity index (χ2n) is 7.51. The molecule has 1 aliphatic rings. The Morgan fingerprint density at radius 2 is 2.28 bits per heavy atom. The van der Waals surface area contributed by atoms with Gasteiger partial charge in [-0.1, -0.05) is 24.6 Å². The molecule has 1 atom stereocenters. The summed E-state index contributed by atoms with van der Waals surface area (Å²) in [7, 11) is 1.65. The van der Waals surface area contributed by atoms with Gasteiger partial charge in [0, 0.05) is 36.8 Å². The quantitative estimate of drug-likeness (QED) is 0.555. The predicted molar refractivity (Wildman–Crippen MR) is 116 cm³/mol. The van der Waals surface area contributed by atoms with Gasteiger partial charge in [-0.05, 0) is 42.8 Å². The van der Waals surface area contributed by atoms with E-state index in [-0.39, 0.29) is 5.91 Å². The zero-order valence-electron chi connectivity index (χ0n) is 16.8. The van der Waals surface area contributed by atoms with Gasteiger partial charge in [-0.3, -0.25) is 9.69 Å². The lowest BCUT2D eigenvalue weighted by atomic mass is 9.94. The van der Waals surface area contributed by atoms with E-state index in [1.807, 2.05) is 18.5 Å². The summed E-state index contributed by atoms with van der Waals surface area (Å²) < 4.78 is 6.25. The molecule has 7 heteroatoms. The van der Waals surface area contributed by atoms with Crippen LogP contribution in [0.3, 0.4) is 0 Å². The van der Waals surface area contributed by atoms with Gasteiger partial charge in [-0.2, -0.15) is 0 Å². The highest BCUT2D eigenvalue weighted by atomic mass is 32.1. The number of amides is 1. The van der Waals surface area contributed by atoms with Gasteiger partial charge in [-0.25, -0.2) is 4.98 Å². The lowest BCUT2D eigenvalue weighted by Gasteiger charge is -2.35. The van der Waals surface area contributed by atoms with Crippen molar-refractivity contribution in [3.05, 3.63) is 52.9 Å². The summed E-state index contributed by atoms with van der Waals surface area (Å²) in [6.07, 6.45) is 8.17. The Hall–Kier alpha value is -2.22. The Kier molecular flexibility index (Phi) is 6.59. The largest absolute Gasteiger partial charge is 0.383 e. The number of nitrogens with one attached hydrogen (secondary N) is 2. The number of thiophene rings is 1. The molecule has 1 saturated heterocycles. The first-order valence-corrected chi connectivity index (χ1v) is 11.1. The highest BCUT2D eigenvalue weighted by Gasteiger charge is 2.27. The third-order valence-corrected chi connectivity index (χ3v) is 6.80. The van der Waals surface area contributed by atoms with Crippen LogP contribution in [-0.2, 0) is 17.7 Å². The fourth-order valence-electron chi connectivity index (χ4n) is 4.14. The summed E-state index contributed by atoms with van der Waals surface area (Å²) in [4.78, 5) is 23.9. The molecule has 0 aliphatic carbocycles. The van der Waals surface area contributed by atoms with Crippen molar-refractivity contribution in [2.75, 3.05) is 26.8 Å². The van der Waals surface area contributed by atoms with Crippen LogP contribution >= 0.6 is 11.3 Å². The summed E-state index contributed by atoms with van der Waals surface area (Å²) in [6.45, 7) is 2.94. The van der Waals surface area contributed by atoms with Gasteiger partial charge in [0.25, 0.3) is 5.91 Å². The molecule has 0 bridgehead atoms. The van der Waals surface area contributed by atoms with E-state index in [1.54, 1.807) is 18.4 Å². The summed E-state index contributed by atoms with van der Waals surface area (Å²) in [5.74, 6) is 1.01. The lowest BCUT2D eigenvalue weighted by Crippen LogP contribution is -2.40. The molecule has 1 aromatic carbocycles. The van der Waals surface area contributed by atoms with Crippen LogP contribution in [0.1, 0.15) is 40.3 Å². The van der Waals surface area contributed by atoms with Crippen molar-refractivity contribution in [3.8, 4) is 0 Å². The number of imidazole rings is 1. The number of likely N-dealkylation sites (tertiary alicyclic amines) is 1. The molecule has 1 amide bonds. The molecule has 0 spiro atoms. The van der Waals surface area contributed by atoms with Crippen molar-refractivity contribution in [2.45, 2.75) is 38.3 Å². The van der Waals surface area contributed by atoms with Crippen LogP contribution in [0.15, 0.2) is 36.7 Å². The molecule has 0 saturated carbocycles. The van der Waals surface area contributed by atoms with Crippen molar-refractivity contribution in [1.29, 1.82) is 0 Å². The first-order chi connectivity index (χ1) is 14.3. The van der Waals surface area contributed by atoms with Crippen LogP contribution in [-0.4, -0.2) is 53.6 Å².